The van der Waals surface area contributed by atoms with Crippen LogP contribution in [-0.4, -0.2) is 29.8 Å². The van der Waals surface area contributed by atoms with Gasteiger partial charge in [-0.1, -0.05) is 36.4 Å². The van der Waals surface area contributed by atoms with Gasteiger partial charge >= 0.3 is 0 Å². The summed E-state index contributed by atoms with van der Waals surface area (Å²) in [6.07, 6.45) is 3.51. The Labute approximate surface area is 182 Å². The number of likely N-dealkylation sites (N-methyl/N-ethyl adjacent to an activating group) is 1. The number of hydrogen-bond donors (Lipinski definition) is 2. The summed E-state index contributed by atoms with van der Waals surface area (Å²) in [4.78, 5) is 12.6. The van der Waals surface area contributed by atoms with E-state index in [9.17, 15) is 4.79 Å². The van der Waals surface area contributed by atoms with Gasteiger partial charge < -0.3 is 20.1 Å². The second-order valence-corrected chi connectivity index (χ2v) is 6.65. The van der Waals surface area contributed by atoms with Gasteiger partial charge in [-0.05, 0) is 30.3 Å². The Kier molecular flexibility index (Phi) is 8.70. The minimum Gasteiger partial charge on any atom is -0.493 e. The third-order valence-electron chi connectivity index (χ3n) is 4.54. The van der Waals surface area contributed by atoms with Crippen molar-refractivity contribution in [3.05, 3.63) is 77.6 Å². The van der Waals surface area contributed by atoms with Crippen molar-refractivity contribution < 1.29 is 14.3 Å². The predicted octanol–water partition coefficient (Wildman–Crippen LogP) is 3.01. The number of amides is 1. The Morgan fingerprint density at radius 1 is 1.13 bits per heavy atom. The molecule has 1 aromatic heterocycles. The van der Waals surface area contributed by atoms with Gasteiger partial charge in [-0.25, -0.2) is 0 Å². The average Bonchev–Trinajstić information content (AvgIpc) is 3.18. The van der Waals surface area contributed by atoms with E-state index in [-0.39, 0.29) is 18.3 Å². The van der Waals surface area contributed by atoms with Crippen molar-refractivity contribution in [2.24, 2.45) is 7.05 Å². The van der Waals surface area contributed by atoms with E-state index in [1.165, 1.54) is 0 Å². The fourth-order valence-corrected chi connectivity index (χ4v) is 3.01. The van der Waals surface area contributed by atoms with Gasteiger partial charge in [0.15, 0.2) is 11.5 Å². The molecule has 2 N–H and O–H groups in total. The molecule has 0 fully saturated rings. The van der Waals surface area contributed by atoms with E-state index in [4.69, 9.17) is 9.47 Å². The zero-order valence-corrected chi connectivity index (χ0v) is 18.1. The Bertz CT molecular complexity index is 947. The maximum atomic E-state index is 12.6. The van der Waals surface area contributed by atoms with Crippen molar-refractivity contribution in [1.29, 1.82) is 0 Å². The summed E-state index contributed by atoms with van der Waals surface area (Å²) >= 11 is 0. The molecule has 1 amide bonds. The van der Waals surface area contributed by atoms with Gasteiger partial charge in [0.05, 0.1) is 13.3 Å². The Morgan fingerprint density at radius 3 is 2.53 bits per heavy atom. The minimum absolute atomic E-state index is 0. The first-order valence-electron chi connectivity index (χ1n) is 9.38. The summed E-state index contributed by atoms with van der Waals surface area (Å²) < 4.78 is 13.0. The van der Waals surface area contributed by atoms with Gasteiger partial charge in [-0.3, -0.25) is 9.48 Å². The molecule has 1 heterocycles. The first kappa shape index (κ1) is 23.3. The van der Waals surface area contributed by atoms with Crippen LogP contribution in [0.4, 0.5) is 0 Å². The highest BCUT2D eigenvalue weighted by Crippen LogP contribution is 2.29. The molecule has 7 nitrogen and oxygen atoms in total. The molecule has 0 aliphatic carbocycles. The standard InChI is InChI=1S/C22H26N4O3.ClH/c1-23-21(18-13-25-26(2)14-18)22(27)24-12-17-9-10-19(20(11-17)28-3)29-15-16-7-5-4-6-8-16;/h4-11,13-14,21,23H,12,15H2,1-3H3,(H,24,27);1H. The van der Waals surface area contributed by atoms with Crippen LogP contribution in [0.5, 0.6) is 11.5 Å². The van der Waals surface area contributed by atoms with Crippen LogP contribution in [0.25, 0.3) is 0 Å². The van der Waals surface area contributed by atoms with Gasteiger partial charge in [-0.15, -0.1) is 12.4 Å². The van der Waals surface area contributed by atoms with E-state index in [0.717, 1.165) is 16.7 Å². The minimum atomic E-state index is -0.459. The number of benzene rings is 2. The lowest BCUT2D eigenvalue weighted by molar-refractivity contribution is -0.123. The molecule has 0 aliphatic rings. The molecule has 160 valence electrons. The number of nitrogens with zero attached hydrogens (tertiary/aromatic N) is 2. The summed E-state index contributed by atoms with van der Waals surface area (Å²) in [5.74, 6) is 1.17. The van der Waals surface area contributed by atoms with Crippen molar-refractivity contribution in [2.75, 3.05) is 14.2 Å². The third kappa shape index (κ3) is 5.98. The normalized spacial score (nSPS) is 11.3. The van der Waals surface area contributed by atoms with E-state index in [0.29, 0.717) is 24.7 Å². The third-order valence-corrected chi connectivity index (χ3v) is 4.54. The summed E-state index contributed by atoms with van der Waals surface area (Å²) in [7, 11) is 5.17. The van der Waals surface area contributed by atoms with E-state index in [2.05, 4.69) is 15.7 Å². The molecule has 0 bridgehead atoms. The highest BCUT2D eigenvalue weighted by Gasteiger charge is 2.20. The van der Waals surface area contributed by atoms with Gasteiger partial charge in [0.2, 0.25) is 5.91 Å². The number of aromatic nitrogens is 2. The highest BCUT2D eigenvalue weighted by molar-refractivity contribution is 5.85. The average molecular weight is 431 g/mol. The van der Waals surface area contributed by atoms with Crippen LogP contribution in [0.3, 0.4) is 0 Å². The second kappa shape index (κ2) is 11.2. The fraction of sp³-hybridized carbons (Fsp3) is 0.273. The summed E-state index contributed by atoms with van der Waals surface area (Å²) in [6, 6.07) is 15.1. The number of halogens is 1. The van der Waals surface area contributed by atoms with Crippen LogP contribution in [0.1, 0.15) is 22.7 Å². The summed E-state index contributed by atoms with van der Waals surface area (Å²) in [5.41, 5.74) is 2.82. The van der Waals surface area contributed by atoms with Crippen LogP contribution in [0, 0.1) is 0 Å². The maximum Gasteiger partial charge on any atom is 0.242 e. The van der Waals surface area contributed by atoms with Crippen LogP contribution in [-0.2, 0) is 25.0 Å². The molecule has 0 aliphatic heterocycles. The smallest absolute Gasteiger partial charge is 0.242 e. The maximum absolute atomic E-state index is 12.6. The molecule has 0 saturated heterocycles. The number of rotatable bonds is 9. The SMILES string of the molecule is CNC(C(=O)NCc1ccc(OCc2ccccc2)c(OC)c1)c1cnn(C)c1.Cl. The van der Waals surface area contributed by atoms with E-state index in [1.807, 2.05) is 61.8 Å². The molecule has 0 saturated carbocycles. The monoisotopic (exact) mass is 430 g/mol. The number of aryl methyl sites for hydroxylation is 1. The molecule has 2 aromatic carbocycles. The molecule has 1 atom stereocenters. The predicted molar refractivity (Wildman–Crippen MR) is 118 cm³/mol. The topological polar surface area (TPSA) is 77.4 Å². The van der Waals surface area contributed by atoms with E-state index >= 15 is 0 Å². The molecular weight excluding hydrogens is 404 g/mol. The number of ether oxygens (including phenoxy) is 2. The van der Waals surface area contributed by atoms with E-state index in [1.54, 1.807) is 25.0 Å². The van der Waals surface area contributed by atoms with Crippen molar-refractivity contribution in [1.82, 2.24) is 20.4 Å². The molecule has 3 aromatic rings. The summed E-state index contributed by atoms with van der Waals surface area (Å²) in [6.45, 7) is 0.842. The van der Waals surface area contributed by atoms with E-state index < -0.39 is 6.04 Å². The van der Waals surface area contributed by atoms with Crippen molar-refractivity contribution in [3.8, 4) is 11.5 Å². The molecule has 3 rings (SSSR count). The zero-order chi connectivity index (χ0) is 20.6. The van der Waals surface area contributed by atoms with Crippen LogP contribution >= 0.6 is 12.4 Å². The Balaban J connectivity index is 0.00000320. The number of nitrogens with one attached hydrogen (secondary N) is 2. The van der Waals surface area contributed by atoms with Gasteiger partial charge in [0, 0.05) is 25.4 Å². The molecule has 8 heteroatoms. The van der Waals surface area contributed by atoms with Crippen LogP contribution in [0.15, 0.2) is 60.9 Å². The van der Waals surface area contributed by atoms with Crippen LogP contribution < -0.4 is 20.1 Å². The summed E-state index contributed by atoms with van der Waals surface area (Å²) in [5, 5.41) is 10.1. The largest absolute Gasteiger partial charge is 0.493 e. The molecule has 1 unspecified atom stereocenters. The number of carbonyl (C=O) groups is 1. The van der Waals surface area contributed by atoms with Crippen LogP contribution in [0.2, 0.25) is 0 Å². The molecule has 0 spiro atoms. The molecule has 0 radical (unpaired) electrons. The van der Waals surface area contributed by atoms with Crippen molar-refractivity contribution in [2.45, 2.75) is 19.2 Å². The molecule has 30 heavy (non-hydrogen) atoms. The molecular formula is C22H27ClN4O3. The number of carbonyl (C=O) groups excluding carboxylic acids is 1. The number of hydrogen-bond acceptors (Lipinski definition) is 5. The zero-order valence-electron chi connectivity index (χ0n) is 17.3. The van der Waals surface area contributed by atoms with Gasteiger partial charge in [-0.2, -0.15) is 5.10 Å². The fourth-order valence-electron chi connectivity index (χ4n) is 3.01. The first-order valence-corrected chi connectivity index (χ1v) is 9.38. The first-order chi connectivity index (χ1) is 14.1. The lowest BCUT2D eigenvalue weighted by atomic mass is 10.1. The van der Waals surface area contributed by atoms with Gasteiger partial charge in [0.1, 0.15) is 12.6 Å². The van der Waals surface area contributed by atoms with Crippen molar-refractivity contribution >= 4 is 18.3 Å². The second-order valence-electron chi connectivity index (χ2n) is 6.65. The Morgan fingerprint density at radius 2 is 1.90 bits per heavy atom. The quantitative estimate of drug-likeness (QED) is 0.545. The van der Waals surface area contributed by atoms with Crippen molar-refractivity contribution in [3.63, 3.8) is 0 Å². The highest BCUT2D eigenvalue weighted by atomic mass is 35.5. The lowest BCUT2D eigenvalue weighted by Gasteiger charge is -2.16. The number of methoxy groups -OCH3 is 1. The van der Waals surface area contributed by atoms with Gasteiger partial charge in [0.25, 0.3) is 0 Å². The Hall–Kier alpha value is -3.03. The lowest BCUT2D eigenvalue weighted by Crippen LogP contribution is -2.35.